The van der Waals surface area contributed by atoms with Gasteiger partial charge in [0.05, 0.1) is 4.90 Å². The fourth-order valence-corrected chi connectivity index (χ4v) is 3.78. The Kier molecular flexibility index (Phi) is 12.7. The maximum Gasteiger partial charge on any atom is 1.00 e. The second kappa shape index (κ2) is 14.1. The molecule has 0 spiro atoms. The van der Waals surface area contributed by atoms with Crippen LogP contribution in [-0.2, 0) is 16.5 Å². The molecule has 2 aromatic carbocycles. The van der Waals surface area contributed by atoms with Gasteiger partial charge in [0.15, 0.2) is 0 Å². The van der Waals surface area contributed by atoms with Crippen molar-refractivity contribution >= 4 is 10.1 Å². The largest absolute Gasteiger partial charge is 1.00 e. The molecule has 5 nitrogen and oxygen atoms in total. The third kappa shape index (κ3) is 9.84. The van der Waals surface area contributed by atoms with Crippen LogP contribution in [0, 0.1) is 0 Å². The Morgan fingerprint density at radius 1 is 0.900 bits per heavy atom. The van der Waals surface area contributed by atoms with Gasteiger partial charge in [0, 0.05) is 6.07 Å². The minimum absolute atomic E-state index is 0. The van der Waals surface area contributed by atoms with Gasteiger partial charge in [-0.05, 0) is 36.6 Å². The molecule has 1 N–H and O–H groups in total. The zero-order chi connectivity index (χ0) is 21.1. The van der Waals surface area contributed by atoms with E-state index >= 15 is 0 Å². The van der Waals surface area contributed by atoms with Crippen LogP contribution in [0.25, 0.3) is 0 Å². The molecular formula is C23H31NaO5S. The Balaban J connectivity index is 0.00000450. The third-order valence-electron chi connectivity index (χ3n) is 4.92. The molecule has 0 radical (unpaired) electrons. The fraction of sp³-hybridized carbons (Fsp3) is 0.478. The van der Waals surface area contributed by atoms with Gasteiger partial charge in [0.1, 0.15) is 11.5 Å². The summed E-state index contributed by atoms with van der Waals surface area (Å²) in [6.07, 6.45) is 11.7. The topological polar surface area (TPSA) is 86.7 Å². The van der Waals surface area contributed by atoms with Gasteiger partial charge in [-0.25, -0.2) is 0 Å². The van der Waals surface area contributed by atoms with E-state index in [0.717, 1.165) is 24.8 Å². The molecule has 0 bridgehead atoms. The van der Waals surface area contributed by atoms with Crippen molar-refractivity contribution in [3.63, 3.8) is 0 Å². The Bertz CT molecular complexity index is 868. The van der Waals surface area contributed by atoms with Gasteiger partial charge in [0.25, 0.3) is 10.1 Å². The number of aryl methyl sites for hydroxylation is 1. The first-order chi connectivity index (χ1) is 13.9. The van der Waals surface area contributed by atoms with Crippen molar-refractivity contribution < 1.29 is 52.4 Å². The van der Waals surface area contributed by atoms with E-state index in [0.29, 0.717) is 11.5 Å². The van der Waals surface area contributed by atoms with E-state index in [1.807, 2.05) is 0 Å². The van der Waals surface area contributed by atoms with Crippen molar-refractivity contribution in [1.29, 1.82) is 0 Å². The van der Waals surface area contributed by atoms with E-state index in [2.05, 4.69) is 6.92 Å². The summed E-state index contributed by atoms with van der Waals surface area (Å²) in [7, 11) is -4.33. The van der Waals surface area contributed by atoms with Crippen LogP contribution in [0.5, 0.6) is 17.2 Å². The van der Waals surface area contributed by atoms with Crippen molar-refractivity contribution in [3.05, 3.63) is 48.0 Å². The first kappa shape index (κ1) is 27.0. The van der Waals surface area contributed by atoms with Gasteiger partial charge in [-0.1, -0.05) is 76.5 Å². The molecule has 0 aliphatic heterocycles. The Morgan fingerprint density at radius 2 is 1.53 bits per heavy atom. The molecule has 0 saturated carbocycles. The number of hydrogen-bond donors (Lipinski definition) is 1. The van der Waals surface area contributed by atoms with E-state index in [4.69, 9.17) is 4.74 Å². The predicted molar refractivity (Wildman–Crippen MR) is 113 cm³/mol. The van der Waals surface area contributed by atoms with Crippen LogP contribution in [-0.4, -0.2) is 13.0 Å². The molecule has 2 aromatic rings. The van der Waals surface area contributed by atoms with Crippen LogP contribution in [0.1, 0.15) is 70.3 Å². The predicted octanol–water partition coefficient (Wildman–Crippen LogP) is 2.88. The Morgan fingerprint density at radius 3 is 2.13 bits per heavy atom. The molecular weight excluding hydrogens is 411 g/mol. The summed E-state index contributed by atoms with van der Waals surface area (Å²) in [4.78, 5) is -0.221. The monoisotopic (exact) mass is 442 g/mol. The molecule has 0 aliphatic rings. The van der Waals surface area contributed by atoms with Crippen LogP contribution in [0.2, 0.25) is 0 Å². The van der Waals surface area contributed by atoms with E-state index in [1.54, 1.807) is 18.2 Å². The normalized spacial score (nSPS) is 11.1. The van der Waals surface area contributed by atoms with Gasteiger partial charge in [-0.3, -0.25) is 4.55 Å². The van der Waals surface area contributed by atoms with E-state index in [-0.39, 0.29) is 40.2 Å². The summed E-state index contributed by atoms with van der Waals surface area (Å²) >= 11 is 0. The zero-order valence-corrected chi connectivity index (χ0v) is 20.9. The van der Waals surface area contributed by atoms with Crippen molar-refractivity contribution in [2.24, 2.45) is 0 Å². The second-order valence-electron chi connectivity index (χ2n) is 7.40. The van der Waals surface area contributed by atoms with E-state index < -0.39 is 10.1 Å². The number of hydrogen-bond acceptors (Lipinski definition) is 4. The molecule has 0 heterocycles. The first-order valence-electron chi connectivity index (χ1n) is 10.5. The molecule has 0 amide bonds. The zero-order valence-electron chi connectivity index (χ0n) is 18.1. The summed E-state index contributed by atoms with van der Waals surface area (Å²) in [6, 6.07) is 10.4. The maximum absolute atomic E-state index is 11.5. The number of benzene rings is 2. The van der Waals surface area contributed by atoms with Crippen molar-refractivity contribution in [2.75, 3.05) is 0 Å². The molecule has 160 valence electrons. The van der Waals surface area contributed by atoms with Crippen LogP contribution < -0.4 is 39.4 Å². The van der Waals surface area contributed by atoms with Crippen molar-refractivity contribution in [1.82, 2.24) is 0 Å². The van der Waals surface area contributed by atoms with Crippen LogP contribution in [0.3, 0.4) is 0 Å². The number of rotatable bonds is 13. The summed E-state index contributed by atoms with van der Waals surface area (Å²) in [5.74, 6) is 0.512. The molecule has 0 atom stereocenters. The summed E-state index contributed by atoms with van der Waals surface area (Å²) in [5, 5.41) is 11.5. The Labute approximate surface area is 202 Å². The molecule has 7 heteroatoms. The molecule has 0 saturated heterocycles. The van der Waals surface area contributed by atoms with E-state index in [9.17, 15) is 18.1 Å². The first-order valence-corrected chi connectivity index (χ1v) is 11.9. The summed E-state index contributed by atoms with van der Waals surface area (Å²) in [6.45, 7) is 2.22. The van der Waals surface area contributed by atoms with Crippen LogP contribution in [0.4, 0.5) is 0 Å². The van der Waals surface area contributed by atoms with Gasteiger partial charge in [0.2, 0.25) is 0 Å². The van der Waals surface area contributed by atoms with Crippen molar-refractivity contribution in [3.8, 4) is 17.2 Å². The summed E-state index contributed by atoms with van der Waals surface area (Å²) < 4.78 is 38.1. The van der Waals surface area contributed by atoms with Gasteiger partial charge >= 0.3 is 29.6 Å². The molecule has 0 unspecified atom stereocenters. The average Bonchev–Trinajstić information content (AvgIpc) is 2.67. The fourth-order valence-electron chi connectivity index (χ4n) is 3.29. The minimum Gasteiger partial charge on any atom is -0.872 e. The van der Waals surface area contributed by atoms with E-state index in [1.165, 1.54) is 69.2 Å². The number of ether oxygens (including phenoxy) is 1. The number of unbranched alkanes of at least 4 members (excludes halogenated alkanes) is 8. The average molecular weight is 443 g/mol. The molecule has 2 rings (SSSR count). The van der Waals surface area contributed by atoms with Crippen LogP contribution >= 0.6 is 0 Å². The molecule has 0 aromatic heterocycles. The minimum atomic E-state index is -4.33. The van der Waals surface area contributed by atoms with Gasteiger partial charge < -0.3 is 9.84 Å². The summed E-state index contributed by atoms with van der Waals surface area (Å²) in [5.41, 5.74) is 0.858. The van der Waals surface area contributed by atoms with Crippen molar-refractivity contribution in [2.45, 2.75) is 76.0 Å². The smallest absolute Gasteiger partial charge is 0.872 e. The second-order valence-corrected chi connectivity index (χ2v) is 8.82. The molecule has 0 fully saturated rings. The molecule has 30 heavy (non-hydrogen) atoms. The van der Waals surface area contributed by atoms with Gasteiger partial charge in [-0.2, -0.15) is 8.42 Å². The van der Waals surface area contributed by atoms with Gasteiger partial charge in [-0.15, -0.1) is 5.75 Å². The van der Waals surface area contributed by atoms with Crippen LogP contribution in [0.15, 0.2) is 47.4 Å². The quantitative estimate of drug-likeness (QED) is 0.293. The standard InChI is InChI=1S/C23H32O5S.Na/c1-2-3-4-5-6-7-8-9-10-12-19-15-16-22(29(25,26)27)18-23(19)28-21-14-11-13-20(24)17-21;/h11,13-18,24H,2-10,12H2,1H3,(H,25,26,27);/q;+1/p-1. The Hall–Kier alpha value is -1.05. The maximum atomic E-state index is 11.5. The third-order valence-corrected chi connectivity index (χ3v) is 5.77. The SMILES string of the molecule is CCCCCCCCCCCc1ccc(S(=O)(=O)O)cc1Oc1cccc([O-])c1.[Na+]. The molecule has 0 aliphatic carbocycles.